The normalized spacial score (nSPS) is 16.9. The van der Waals surface area contributed by atoms with E-state index in [1.165, 1.54) is 31.4 Å². The first-order valence-electron chi connectivity index (χ1n) is 13.8. The molecule has 1 aliphatic carbocycles. The fourth-order valence-corrected chi connectivity index (χ4v) is 5.95. The molecule has 1 aromatic carbocycles. The third-order valence-electron chi connectivity index (χ3n) is 8.05. The van der Waals surface area contributed by atoms with Crippen molar-refractivity contribution >= 4 is 28.4 Å². The quantitative estimate of drug-likeness (QED) is 0.295. The van der Waals surface area contributed by atoms with Gasteiger partial charge in [0.25, 0.3) is 0 Å². The Kier molecular flexibility index (Phi) is 7.09. The van der Waals surface area contributed by atoms with E-state index in [-0.39, 0.29) is 11.7 Å². The number of carbonyl (C=O) groups is 1. The van der Waals surface area contributed by atoms with Crippen molar-refractivity contribution in [1.82, 2.24) is 15.0 Å². The van der Waals surface area contributed by atoms with Crippen LogP contribution in [0.15, 0.2) is 61.1 Å². The highest BCUT2D eigenvalue weighted by atomic mass is 19.1. The SMILES string of the molecule is O=C(O)C1CCN(c2nc(-c3ccnc(NC4CCCCC4)c3)c(-c3ccc(F)cc3)c3cnccc23)CC1. The predicted molar refractivity (Wildman–Crippen MR) is 151 cm³/mol. The number of pyridine rings is 3. The molecule has 1 saturated carbocycles. The van der Waals surface area contributed by atoms with Crippen molar-refractivity contribution in [3.05, 3.63) is 66.9 Å². The second-order valence-corrected chi connectivity index (χ2v) is 10.6. The Morgan fingerprint density at radius 3 is 2.44 bits per heavy atom. The summed E-state index contributed by atoms with van der Waals surface area (Å²) in [5.41, 5.74) is 3.42. The number of carboxylic acids is 1. The molecule has 0 unspecified atom stereocenters. The molecule has 4 heterocycles. The Morgan fingerprint density at radius 2 is 1.69 bits per heavy atom. The second-order valence-electron chi connectivity index (χ2n) is 10.6. The van der Waals surface area contributed by atoms with Crippen LogP contribution in [0.5, 0.6) is 0 Å². The molecule has 1 aliphatic heterocycles. The molecule has 0 amide bonds. The van der Waals surface area contributed by atoms with E-state index in [9.17, 15) is 14.3 Å². The van der Waals surface area contributed by atoms with Gasteiger partial charge in [0.1, 0.15) is 17.5 Å². The van der Waals surface area contributed by atoms with Crippen molar-refractivity contribution < 1.29 is 14.3 Å². The largest absolute Gasteiger partial charge is 0.481 e. The molecule has 8 heteroatoms. The molecule has 2 fully saturated rings. The average Bonchev–Trinajstić information content (AvgIpc) is 2.97. The molecule has 7 nitrogen and oxygen atoms in total. The van der Waals surface area contributed by atoms with Crippen LogP contribution in [0.4, 0.5) is 16.0 Å². The van der Waals surface area contributed by atoms with Gasteiger partial charge < -0.3 is 15.3 Å². The topological polar surface area (TPSA) is 91.2 Å². The lowest BCUT2D eigenvalue weighted by Crippen LogP contribution is -2.37. The number of benzene rings is 1. The zero-order chi connectivity index (χ0) is 26.8. The zero-order valence-corrected chi connectivity index (χ0v) is 21.8. The molecule has 3 aromatic heterocycles. The number of halogens is 1. The molecular formula is C31H32FN5O2. The summed E-state index contributed by atoms with van der Waals surface area (Å²) in [7, 11) is 0. The van der Waals surface area contributed by atoms with E-state index in [4.69, 9.17) is 4.98 Å². The summed E-state index contributed by atoms with van der Waals surface area (Å²) in [5.74, 6) is 0.271. The number of nitrogens with zero attached hydrogens (tertiary/aromatic N) is 4. The summed E-state index contributed by atoms with van der Waals surface area (Å²) in [6.45, 7) is 1.23. The number of carboxylic acid groups (broad SMARTS) is 1. The summed E-state index contributed by atoms with van der Waals surface area (Å²) >= 11 is 0. The van der Waals surface area contributed by atoms with Crippen LogP contribution in [-0.4, -0.2) is 45.2 Å². The predicted octanol–water partition coefficient (Wildman–Crippen LogP) is 6.54. The zero-order valence-electron chi connectivity index (χ0n) is 21.8. The molecule has 200 valence electrons. The summed E-state index contributed by atoms with van der Waals surface area (Å²) in [5, 5.41) is 15.0. The van der Waals surface area contributed by atoms with Crippen LogP contribution in [0.25, 0.3) is 33.2 Å². The minimum Gasteiger partial charge on any atom is -0.481 e. The molecule has 4 aromatic rings. The maximum Gasteiger partial charge on any atom is 0.306 e. The molecular weight excluding hydrogens is 493 g/mol. The Bertz CT molecular complexity index is 1480. The number of aliphatic carboxylic acids is 1. The first-order chi connectivity index (χ1) is 19.1. The minimum atomic E-state index is -0.737. The van der Waals surface area contributed by atoms with E-state index in [1.807, 2.05) is 30.6 Å². The van der Waals surface area contributed by atoms with Gasteiger partial charge in [-0.1, -0.05) is 31.4 Å². The fourth-order valence-electron chi connectivity index (χ4n) is 5.95. The van der Waals surface area contributed by atoms with Gasteiger partial charge in [-0.2, -0.15) is 0 Å². The Labute approximate surface area is 227 Å². The van der Waals surface area contributed by atoms with Gasteiger partial charge in [-0.15, -0.1) is 0 Å². The van der Waals surface area contributed by atoms with Gasteiger partial charge in [0.05, 0.1) is 11.6 Å². The number of hydrogen-bond acceptors (Lipinski definition) is 6. The van der Waals surface area contributed by atoms with Gasteiger partial charge >= 0.3 is 5.97 Å². The molecule has 0 radical (unpaired) electrons. The molecule has 6 rings (SSSR count). The number of hydrogen-bond donors (Lipinski definition) is 2. The first kappa shape index (κ1) is 25.2. The lowest BCUT2D eigenvalue weighted by Gasteiger charge is -2.32. The van der Waals surface area contributed by atoms with Crippen LogP contribution in [0, 0.1) is 11.7 Å². The molecule has 0 spiro atoms. The number of anilines is 2. The molecule has 2 N–H and O–H groups in total. The van der Waals surface area contributed by atoms with Crippen molar-refractivity contribution in [3.63, 3.8) is 0 Å². The third-order valence-corrected chi connectivity index (χ3v) is 8.05. The third kappa shape index (κ3) is 5.28. The minimum absolute atomic E-state index is 0.295. The van der Waals surface area contributed by atoms with E-state index < -0.39 is 5.97 Å². The van der Waals surface area contributed by atoms with Gasteiger partial charge in [-0.05, 0) is 61.6 Å². The number of rotatable bonds is 6. The van der Waals surface area contributed by atoms with Gasteiger partial charge in [-0.3, -0.25) is 9.78 Å². The van der Waals surface area contributed by atoms with Crippen LogP contribution in [-0.2, 0) is 4.79 Å². The molecule has 39 heavy (non-hydrogen) atoms. The van der Waals surface area contributed by atoms with Crippen molar-refractivity contribution in [2.24, 2.45) is 5.92 Å². The maximum absolute atomic E-state index is 13.9. The van der Waals surface area contributed by atoms with Gasteiger partial charge in [0, 0.05) is 59.6 Å². The monoisotopic (exact) mass is 525 g/mol. The van der Waals surface area contributed by atoms with Crippen LogP contribution < -0.4 is 10.2 Å². The van der Waals surface area contributed by atoms with Crippen LogP contribution in [0.1, 0.15) is 44.9 Å². The highest BCUT2D eigenvalue weighted by Crippen LogP contribution is 2.41. The Hall–Kier alpha value is -4.07. The number of fused-ring (bicyclic) bond motifs is 1. The molecule has 1 saturated heterocycles. The fraction of sp³-hybridized carbons (Fsp3) is 0.355. The molecule has 0 atom stereocenters. The van der Waals surface area contributed by atoms with E-state index in [0.717, 1.165) is 57.6 Å². The highest BCUT2D eigenvalue weighted by molar-refractivity contribution is 6.07. The van der Waals surface area contributed by atoms with E-state index in [1.54, 1.807) is 18.3 Å². The number of piperidine rings is 1. The van der Waals surface area contributed by atoms with Crippen molar-refractivity contribution in [2.45, 2.75) is 51.0 Å². The van der Waals surface area contributed by atoms with Gasteiger partial charge in [0.2, 0.25) is 0 Å². The molecule has 2 aliphatic rings. The van der Waals surface area contributed by atoms with Crippen LogP contribution >= 0.6 is 0 Å². The lowest BCUT2D eigenvalue weighted by atomic mass is 9.93. The van der Waals surface area contributed by atoms with Gasteiger partial charge in [0.15, 0.2) is 0 Å². The number of aromatic nitrogens is 3. The number of nitrogens with one attached hydrogen (secondary N) is 1. The summed E-state index contributed by atoms with van der Waals surface area (Å²) in [6.07, 6.45) is 12.6. The van der Waals surface area contributed by atoms with Gasteiger partial charge in [-0.25, -0.2) is 14.4 Å². The van der Waals surface area contributed by atoms with Crippen LogP contribution in [0.3, 0.4) is 0 Å². The second kappa shape index (κ2) is 11.0. The standard InChI is InChI=1S/C31H32FN5O2/c32-23-8-6-20(7-9-23)28-26-19-33-14-11-25(26)30(37-16-12-21(13-17-37)31(38)39)36-29(28)22-10-15-34-27(18-22)35-24-4-2-1-3-5-24/h6-11,14-15,18-19,21,24H,1-5,12-13,16-17H2,(H,34,35)(H,38,39). The summed E-state index contributed by atoms with van der Waals surface area (Å²) in [4.78, 5) is 28.1. The summed E-state index contributed by atoms with van der Waals surface area (Å²) < 4.78 is 13.9. The van der Waals surface area contributed by atoms with E-state index >= 15 is 0 Å². The Balaban J connectivity index is 1.49. The van der Waals surface area contributed by atoms with Crippen molar-refractivity contribution in [2.75, 3.05) is 23.3 Å². The molecule has 0 bridgehead atoms. The van der Waals surface area contributed by atoms with E-state index in [0.29, 0.717) is 32.0 Å². The Morgan fingerprint density at radius 1 is 0.923 bits per heavy atom. The summed E-state index contributed by atoms with van der Waals surface area (Å²) in [6, 6.07) is 12.9. The van der Waals surface area contributed by atoms with Crippen LogP contribution in [0.2, 0.25) is 0 Å². The lowest BCUT2D eigenvalue weighted by molar-refractivity contribution is -0.142. The first-order valence-corrected chi connectivity index (χ1v) is 13.8. The van der Waals surface area contributed by atoms with Crippen molar-refractivity contribution in [1.29, 1.82) is 0 Å². The smallest absolute Gasteiger partial charge is 0.306 e. The maximum atomic E-state index is 13.9. The van der Waals surface area contributed by atoms with E-state index in [2.05, 4.69) is 20.2 Å². The highest BCUT2D eigenvalue weighted by Gasteiger charge is 2.28. The average molecular weight is 526 g/mol. The van der Waals surface area contributed by atoms with Crippen molar-refractivity contribution in [3.8, 4) is 22.4 Å².